The number of hydrogen-bond acceptors (Lipinski definition) is 6. The van der Waals surface area contributed by atoms with E-state index in [1.807, 2.05) is 71.2 Å². The van der Waals surface area contributed by atoms with Crippen LogP contribution in [0.1, 0.15) is 5.69 Å². The Bertz CT molecular complexity index is 979. The van der Waals surface area contributed by atoms with Gasteiger partial charge in [0.15, 0.2) is 0 Å². The summed E-state index contributed by atoms with van der Waals surface area (Å²) in [5.41, 5.74) is 1.82. The highest BCUT2D eigenvalue weighted by Crippen LogP contribution is 2.21. The van der Waals surface area contributed by atoms with Gasteiger partial charge < -0.3 is 24.4 Å². The zero-order valence-corrected chi connectivity index (χ0v) is 17.3. The minimum atomic E-state index is 0.137. The summed E-state index contributed by atoms with van der Waals surface area (Å²) < 4.78 is 7.10. The van der Waals surface area contributed by atoms with Crippen molar-refractivity contribution in [1.82, 2.24) is 19.4 Å². The van der Waals surface area contributed by atoms with Crippen LogP contribution in [0.5, 0.6) is 5.75 Å². The van der Waals surface area contributed by atoms with Crippen molar-refractivity contribution < 1.29 is 9.53 Å². The van der Waals surface area contributed by atoms with Gasteiger partial charge in [0, 0.05) is 56.0 Å². The van der Waals surface area contributed by atoms with E-state index in [9.17, 15) is 4.79 Å². The molecule has 0 saturated carbocycles. The summed E-state index contributed by atoms with van der Waals surface area (Å²) in [5.74, 6) is 2.37. The number of benzene rings is 1. The van der Waals surface area contributed by atoms with Crippen LogP contribution in [0.3, 0.4) is 0 Å². The van der Waals surface area contributed by atoms with Gasteiger partial charge in [-0.1, -0.05) is 0 Å². The molecule has 2 aromatic heterocycles. The van der Waals surface area contributed by atoms with Crippen LogP contribution in [0, 0.1) is 6.92 Å². The van der Waals surface area contributed by atoms with Crippen molar-refractivity contribution in [3.63, 3.8) is 0 Å². The summed E-state index contributed by atoms with van der Waals surface area (Å²) in [7, 11) is 1.65. The normalized spacial score (nSPS) is 13.9. The maximum Gasteiger partial charge on any atom is 0.242 e. The fraction of sp³-hybridized carbons (Fsp3) is 0.318. The Labute approximate surface area is 176 Å². The number of carbonyl (C=O) groups is 1. The highest BCUT2D eigenvalue weighted by molar-refractivity contribution is 5.76. The van der Waals surface area contributed by atoms with E-state index in [0.29, 0.717) is 38.7 Å². The maximum atomic E-state index is 12.5. The minimum Gasteiger partial charge on any atom is -0.497 e. The molecule has 1 N–H and O–H groups in total. The summed E-state index contributed by atoms with van der Waals surface area (Å²) in [5, 5.41) is 3.33. The van der Waals surface area contributed by atoms with E-state index in [2.05, 4.69) is 15.2 Å². The summed E-state index contributed by atoms with van der Waals surface area (Å²) in [4.78, 5) is 25.8. The van der Waals surface area contributed by atoms with Gasteiger partial charge in [0.25, 0.3) is 0 Å². The van der Waals surface area contributed by atoms with Gasteiger partial charge in [-0.15, -0.1) is 0 Å². The van der Waals surface area contributed by atoms with Crippen molar-refractivity contribution in [2.45, 2.75) is 13.5 Å². The number of aryl methyl sites for hydroxylation is 1. The van der Waals surface area contributed by atoms with Crippen molar-refractivity contribution in [3.05, 3.63) is 60.6 Å². The topological polar surface area (TPSA) is 75.5 Å². The van der Waals surface area contributed by atoms with Gasteiger partial charge in [-0.05, 0) is 43.3 Å². The third kappa shape index (κ3) is 4.71. The van der Waals surface area contributed by atoms with E-state index in [1.165, 1.54) is 0 Å². The lowest BCUT2D eigenvalue weighted by atomic mass is 10.3. The zero-order valence-electron chi connectivity index (χ0n) is 17.3. The van der Waals surface area contributed by atoms with Crippen LogP contribution >= 0.6 is 0 Å². The van der Waals surface area contributed by atoms with Gasteiger partial charge in [0.05, 0.1) is 7.11 Å². The van der Waals surface area contributed by atoms with Gasteiger partial charge in [0.2, 0.25) is 11.9 Å². The van der Waals surface area contributed by atoms with E-state index in [1.54, 1.807) is 7.11 Å². The molecule has 8 heteroatoms. The number of piperazine rings is 1. The van der Waals surface area contributed by atoms with Crippen LogP contribution < -0.4 is 15.0 Å². The molecule has 1 saturated heterocycles. The van der Waals surface area contributed by atoms with Gasteiger partial charge in [0.1, 0.15) is 18.1 Å². The second kappa shape index (κ2) is 8.86. The molecule has 1 aromatic carbocycles. The lowest BCUT2D eigenvalue weighted by Crippen LogP contribution is -2.50. The molecule has 0 spiro atoms. The van der Waals surface area contributed by atoms with Gasteiger partial charge in [-0.25, -0.2) is 4.98 Å². The standard InChI is InChI=1S/C22H26N6O2/c1-17-15-20(24-18-5-7-19(30-2)8-6-18)25-22(23-17)28-13-11-27(12-14-28)21(29)16-26-9-3-4-10-26/h3-10,15H,11-14,16H2,1-2H3,(H,23,24,25). The molecule has 0 unspecified atom stereocenters. The molecule has 0 atom stereocenters. The Morgan fingerprint density at radius 3 is 2.43 bits per heavy atom. The highest BCUT2D eigenvalue weighted by Gasteiger charge is 2.23. The van der Waals surface area contributed by atoms with Crippen molar-refractivity contribution in [2.75, 3.05) is 43.5 Å². The van der Waals surface area contributed by atoms with Gasteiger partial charge >= 0.3 is 0 Å². The molecule has 156 valence electrons. The Morgan fingerprint density at radius 2 is 1.77 bits per heavy atom. The number of rotatable bonds is 6. The molecule has 0 radical (unpaired) electrons. The summed E-state index contributed by atoms with van der Waals surface area (Å²) in [6, 6.07) is 13.5. The van der Waals surface area contributed by atoms with Crippen molar-refractivity contribution in [2.24, 2.45) is 0 Å². The Kier molecular flexibility index (Phi) is 5.83. The van der Waals surface area contributed by atoms with E-state index in [0.717, 1.165) is 22.9 Å². The molecule has 0 bridgehead atoms. The zero-order chi connectivity index (χ0) is 20.9. The number of carbonyl (C=O) groups excluding carboxylic acids is 1. The fourth-order valence-electron chi connectivity index (χ4n) is 3.47. The molecule has 8 nitrogen and oxygen atoms in total. The molecule has 1 fully saturated rings. The number of nitrogens with one attached hydrogen (secondary N) is 1. The summed E-state index contributed by atoms with van der Waals surface area (Å²) in [6.45, 7) is 5.09. The van der Waals surface area contributed by atoms with Gasteiger partial charge in [-0.2, -0.15) is 4.98 Å². The minimum absolute atomic E-state index is 0.137. The molecule has 1 aliphatic rings. The van der Waals surface area contributed by atoms with Crippen LogP contribution in [-0.4, -0.2) is 58.6 Å². The molecule has 3 aromatic rings. The number of amides is 1. The van der Waals surface area contributed by atoms with Crippen LogP contribution in [-0.2, 0) is 11.3 Å². The second-order valence-electron chi connectivity index (χ2n) is 7.27. The third-order valence-electron chi connectivity index (χ3n) is 5.10. The third-order valence-corrected chi connectivity index (χ3v) is 5.10. The molecule has 3 heterocycles. The number of ether oxygens (including phenoxy) is 1. The fourth-order valence-corrected chi connectivity index (χ4v) is 3.47. The number of hydrogen-bond donors (Lipinski definition) is 1. The van der Waals surface area contributed by atoms with E-state index in [4.69, 9.17) is 9.72 Å². The quantitative estimate of drug-likeness (QED) is 0.678. The Balaban J connectivity index is 1.39. The molecule has 1 amide bonds. The molecule has 30 heavy (non-hydrogen) atoms. The largest absolute Gasteiger partial charge is 0.497 e. The lowest BCUT2D eigenvalue weighted by Gasteiger charge is -2.35. The van der Waals surface area contributed by atoms with Crippen LogP contribution in [0.2, 0.25) is 0 Å². The Hall–Kier alpha value is -3.55. The molecule has 4 rings (SSSR count). The highest BCUT2D eigenvalue weighted by atomic mass is 16.5. The van der Waals surface area contributed by atoms with Crippen molar-refractivity contribution in [1.29, 1.82) is 0 Å². The first kappa shape index (κ1) is 19.8. The number of aromatic nitrogens is 3. The number of methoxy groups -OCH3 is 1. The average Bonchev–Trinajstić information content (AvgIpc) is 3.27. The van der Waals surface area contributed by atoms with Crippen LogP contribution in [0.4, 0.5) is 17.5 Å². The van der Waals surface area contributed by atoms with Crippen molar-refractivity contribution >= 4 is 23.4 Å². The first-order valence-corrected chi connectivity index (χ1v) is 10.0. The first-order chi connectivity index (χ1) is 14.6. The lowest BCUT2D eigenvalue weighted by molar-refractivity contribution is -0.132. The second-order valence-corrected chi connectivity index (χ2v) is 7.27. The van der Waals surface area contributed by atoms with E-state index in [-0.39, 0.29) is 5.91 Å². The molecular weight excluding hydrogens is 380 g/mol. The predicted octanol–water partition coefficient (Wildman–Crippen LogP) is 2.69. The maximum absolute atomic E-state index is 12.5. The summed E-state index contributed by atoms with van der Waals surface area (Å²) >= 11 is 0. The first-order valence-electron chi connectivity index (χ1n) is 10.0. The van der Waals surface area contributed by atoms with E-state index >= 15 is 0 Å². The van der Waals surface area contributed by atoms with E-state index < -0.39 is 0 Å². The summed E-state index contributed by atoms with van der Waals surface area (Å²) in [6.07, 6.45) is 3.82. The number of anilines is 3. The van der Waals surface area contributed by atoms with Gasteiger partial charge in [-0.3, -0.25) is 4.79 Å². The smallest absolute Gasteiger partial charge is 0.242 e. The SMILES string of the molecule is COc1ccc(Nc2cc(C)nc(N3CCN(C(=O)Cn4cccc4)CC3)n2)cc1. The average molecular weight is 406 g/mol. The molecule has 0 aliphatic carbocycles. The predicted molar refractivity (Wildman–Crippen MR) is 116 cm³/mol. The monoisotopic (exact) mass is 406 g/mol. The molecule has 1 aliphatic heterocycles. The van der Waals surface area contributed by atoms with Crippen LogP contribution in [0.15, 0.2) is 54.9 Å². The number of nitrogens with zero attached hydrogens (tertiary/aromatic N) is 5. The van der Waals surface area contributed by atoms with Crippen molar-refractivity contribution in [3.8, 4) is 5.75 Å². The van der Waals surface area contributed by atoms with Crippen LogP contribution in [0.25, 0.3) is 0 Å². The Morgan fingerprint density at radius 1 is 1.07 bits per heavy atom. The molecular formula is C22H26N6O2.